The lowest BCUT2D eigenvalue weighted by molar-refractivity contribution is -0.142. The standard InChI is InChI=1S/C20H19F3N2O4S/c1-5-29-19(26)11(2)30-18-13(10-24)14(20(21,22)23)9-15(25-18)12-6-7-16(27-3)17(8-12)28-4/h6-9,11H,5H2,1-4H3/t11-/m0/s1. The highest BCUT2D eigenvalue weighted by Gasteiger charge is 2.36. The fourth-order valence-corrected chi connectivity index (χ4v) is 3.48. The first-order valence-electron chi connectivity index (χ1n) is 8.74. The van der Waals surface area contributed by atoms with Crippen LogP contribution in [0.2, 0.25) is 0 Å². The number of alkyl halides is 3. The predicted octanol–water partition coefficient (Wildman–Crippen LogP) is 4.70. The summed E-state index contributed by atoms with van der Waals surface area (Å²) in [6, 6.07) is 6.92. The molecule has 10 heteroatoms. The third kappa shape index (κ3) is 5.16. The number of halogens is 3. The zero-order valence-electron chi connectivity index (χ0n) is 16.7. The molecule has 160 valence electrons. The van der Waals surface area contributed by atoms with Gasteiger partial charge >= 0.3 is 12.1 Å². The topological polar surface area (TPSA) is 81.4 Å². The molecule has 6 nitrogen and oxygen atoms in total. The molecule has 2 rings (SSSR count). The second-order valence-electron chi connectivity index (χ2n) is 5.93. The molecule has 0 bridgehead atoms. The Morgan fingerprint density at radius 1 is 1.23 bits per heavy atom. The van der Waals surface area contributed by atoms with Crippen LogP contribution in [0, 0.1) is 11.3 Å². The first-order valence-corrected chi connectivity index (χ1v) is 9.62. The number of nitrogens with zero attached hydrogens (tertiary/aromatic N) is 2. The molecule has 30 heavy (non-hydrogen) atoms. The minimum Gasteiger partial charge on any atom is -0.493 e. The van der Waals surface area contributed by atoms with Gasteiger partial charge in [-0.1, -0.05) is 11.8 Å². The summed E-state index contributed by atoms with van der Waals surface area (Å²) in [4.78, 5) is 16.2. The monoisotopic (exact) mass is 440 g/mol. The van der Waals surface area contributed by atoms with Crippen molar-refractivity contribution in [1.82, 2.24) is 4.98 Å². The summed E-state index contributed by atoms with van der Waals surface area (Å²) >= 11 is 0.735. The zero-order valence-corrected chi connectivity index (χ0v) is 17.5. The van der Waals surface area contributed by atoms with Gasteiger partial charge in [-0.25, -0.2) is 4.98 Å². The smallest absolute Gasteiger partial charge is 0.417 e. The number of esters is 1. The molecule has 0 fully saturated rings. The molecule has 0 aliphatic heterocycles. The van der Waals surface area contributed by atoms with Crippen LogP contribution in [-0.4, -0.2) is 37.0 Å². The van der Waals surface area contributed by atoms with Crippen LogP contribution in [0.15, 0.2) is 29.3 Å². The van der Waals surface area contributed by atoms with E-state index in [-0.39, 0.29) is 17.3 Å². The van der Waals surface area contributed by atoms with Crippen molar-refractivity contribution in [2.45, 2.75) is 30.3 Å². The summed E-state index contributed by atoms with van der Waals surface area (Å²) in [6.07, 6.45) is -4.79. The first-order chi connectivity index (χ1) is 14.2. The fourth-order valence-electron chi connectivity index (χ4n) is 2.56. The van der Waals surface area contributed by atoms with E-state index in [1.54, 1.807) is 13.0 Å². The van der Waals surface area contributed by atoms with E-state index in [1.165, 1.54) is 39.3 Å². The lowest BCUT2D eigenvalue weighted by atomic mass is 10.0. The average molecular weight is 440 g/mol. The van der Waals surface area contributed by atoms with Crippen molar-refractivity contribution in [2.75, 3.05) is 20.8 Å². The highest BCUT2D eigenvalue weighted by molar-refractivity contribution is 8.00. The molecule has 0 unspecified atom stereocenters. The number of methoxy groups -OCH3 is 2. The maximum atomic E-state index is 13.7. The second-order valence-corrected chi connectivity index (χ2v) is 7.26. The van der Waals surface area contributed by atoms with Gasteiger partial charge in [-0.05, 0) is 38.1 Å². The van der Waals surface area contributed by atoms with Crippen LogP contribution in [0.1, 0.15) is 25.0 Å². The molecular formula is C20H19F3N2O4S. The number of aromatic nitrogens is 1. The van der Waals surface area contributed by atoms with E-state index in [9.17, 15) is 23.2 Å². The molecule has 0 amide bonds. The Kier molecular flexibility index (Phi) is 7.56. The molecule has 2 aromatic rings. The number of hydrogen-bond acceptors (Lipinski definition) is 7. The van der Waals surface area contributed by atoms with E-state index >= 15 is 0 Å². The van der Waals surface area contributed by atoms with Crippen molar-refractivity contribution in [3.63, 3.8) is 0 Å². The molecule has 0 saturated heterocycles. The van der Waals surface area contributed by atoms with Gasteiger partial charge in [0.05, 0.1) is 37.6 Å². The molecule has 0 saturated carbocycles. The number of rotatable bonds is 7. The van der Waals surface area contributed by atoms with Crippen molar-refractivity contribution in [1.29, 1.82) is 5.26 Å². The molecule has 1 aromatic heterocycles. The zero-order chi connectivity index (χ0) is 22.5. The number of thioether (sulfide) groups is 1. The van der Waals surface area contributed by atoms with Crippen LogP contribution in [0.4, 0.5) is 13.2 Å². The van der Waals surface area contributed by atoms with Gasteiger partial charge in [-0.2, -0.15) is 18.4 Å². The maximum Gasteiger partial charge on any atom is 0.417 e. The van der Waals surface area contributed by atoms with Gasteiger partial charge in [-0.15, -0.1) is 0 Å². The molecular weight excluding hydrogens is 421 g/mol. The Morgan fingerprint density at radius 3 is 2.43 bits per heavy atom. The van der Waals surface area contributed by atoms with Gasteiger partial charge in [0, 0.05) is 5.56 Å². The SMILES string of the molecule is CCOC(=O)[C@H](C)Sc1nc(-c2ccc(OC)c(OC)c2)cc(C(F)(F)F)c1C#N. The van der Waals surface area contributed by atoms with Crippen molar-refractivity contribution in [3.05, 3.63) is 35.4 Å². The van der Waals surface area contributed by atoms with E-state index in [0.29, 0.717) is 17.1 Å². The number of pyridine rings is 1. The number of ether oxygens (including phenoxy) is 3. The summed E-state index contributed by atoms with van der Waals surface area (Å²) in [7, 11) is 2.84. The Balaban J connectivity index is 2.65. The van der Waals surface area contributed by atoms with Gasteiger partial charge in [-0.3, -0.25) is 4.79 Å². The van der Waals surface area contributed by atoms with Crippen molar-refractivity contribution in [3.8, 4) is 28.8 Å². The van der Waals surface area contributed by atoms with Gasteiger partial charge in [0.1, 0.15) is 16.3 Å². The number of hydrogen-bond donors (Lipinski definition) is 0. The molecule has 1 atom stereocenters. The highest BCUT2D eigenvalue weighted by atomic mass is 32.2. The normalized spacial score (nSPS) is 12.1. The second kappa shape index (κ2) is 9.71. The Morgan fingerprint density at radius 2 is 1.90 bits per heavy atom. The number of nitriles is 1. The van der Waals surface area contributed by atoms with Crippen LogP contribution >= 0.6 is 11.8 Å². The lowest BCUT2D eigenvalue weighted by Crippen LogP contribution is -2.18. The molecule has 0 aliphatic rings. The fraction of sp³-hybridized carbons (Fsp3) is 0.350. The summed E-state index contributed by atoms with van der Waals surface area (Å²) in [5.74, 6) is 0.0959. The minimum absolute atomic E-state index is 0.0270. The third-order valence-corrected chi connectivity index (χ3v) is 5.05. The molecule has 0 aliphatic carbocycles. The van der Waals surface area contributed by atoms with Crippen LogP contribution in [0.3, 0.4) is 0 Å². The summed E-state index contributed by atoms with van der Waals surface area (Å²) < 4.78 is 56.2. The Bertz CT molecular complexity index is 974. The van der Waals surface area contributed by atoms with E-state index in [1.807, 2.05) is 0 Å². The lowest BCUT2D eigenvalue weighted by Gasteiger charge is -2.16. The Labute approximate surface area is 176 Å². The number of carbonyl (C=O) groups excluding carboxylic acids is 1. The summed E-state index contributed by atoms with van der Waals surface area (Å²) in [5.41, 5.74) is -1.48. The van der Waals surface area contributed by atoms with E-state index in [2.05, 4.69) is 4.98 Å². The van der Waals surface area contributed by atoms with Crippen molar-refractivity contribution in [2.24, 2.45) is 0 Å². The largest absolute Gasteiger partial charge is 0.493 e. The van der Waals surface area contributed by atoms with Crippen LogP contribution in [0.25, 0.3) is 11.3 Å². The number of carbonyl (C=O) groups is 1. The van der Waals surface area contributed by atoms with Crippen LogP contribution < -0.4 is 9.47 Å². The summed E-state index contributed by atoms with van der Waals surface area (Å²) in [5, 5.41) is 8.31. The molecule has 0 radical (unpaired) electrons. The molecule has 0 spiro atoms. The molecule has 0 N–H and O–H groups in total. The van der Waals surface area contributed by atoms with Crippen LogP contribution in [-0.2, 0) is 15.7 Å². The van der Waals surface area contributed by atoms with Gasteiger partial charge in [0.15, 0.2) is 11.5 Å². The van der Waals surface area contributed by atoms with Gasteiger partial charge in [0.2, 0.25) is 0 Å². The quantitative estimate of drug-likeness (QED) is 0.456. The minimum atomic E-state index is -4.79. The average Bonchev–Trinajstić information content (AvgIpc) is 2.72. The van der Waals surface area contributed by atoms with Crippen molar-refractivity contribution < 1.29 is 32.2 Å². The van der Waals surface area contributed by atoms with Gasteiger partial charge < -0.3 is 14.2 Å². The number of benzene rings is 1. The maximum absolute atomic E-state index is 13.7. The van der Waals surface area contributed by atoms with Crippen LogP contribution in [0.5, 0.6) is 11.5 Å². The van der Waals surface area contributed by atoms with E-state index < -0.39 is 28.5 Å². The third-order valence-electron chi connectivity index (χ3n) is 3.99. The molecule has 1 heterocycles. The first kappa shape index (κ1) is 23.3. The van der Waals surface area contributed by atoms with Gasteiger partial charge in [0.25, 0.3) is 0 Å². The summed E-state index contributed by atoms with van der Waals surface area (Å²) in [6.45, 7) is 3.22. The van der Waals surface area contributed by atoms with Crippen molar-refractivity contribution >= 4 is 17.7 Å². The highest BCUT2D eigenvalue weighted by Crippen LogP contribution is 2.40. The molecule has 1 aromatic carbocycles. The Hall–Kier alpha value is -2.93. The predicted molar refractivity (Wildman–Crippen MR) is 104 cm³/mol. The van der Waals surface area contributed by atoms with E-state index in [0.717, 1.165) is 17.8 Å². The van der Waals surface area contributed by atoms with E-state index in [4.69, 9.17) is 14.2 Å².